The molecule has 1 aliphatic heterocycles. The number of halogens is 1. The molecule has 0 saturated carbocycles. The fourth-order valence-electron chi connectivity index (χ4n) is 2.59. The number of hydrogen-bond acceptors (Lipinski definition) is 3. The number of anilines is 1. The summed E-state index contributed by atoms with van der Waals surface area (Å²) < 4.78 is 1.83. The highest BCUT2D eigenvalue weighted by Crippen LogP contribution is 2.32. The molecule has 2 heterocycles. The molecule has 0 unspecified atom stereocenters. The number of carbonyl (C=O) groups is 2. The Kier molecular flexibility index (Phi) is 3.29. The van der Waals surface area contributed by atoms with Gasteiger partial charge in [-0.3, -0.25) is 19.2 Å². The highest BCUT2D eigenvalue weighted by Gasteiger charge is 2.36. The molecule has 0 aliphatic carbocycles. The van der Waals surface area contributed by atoms with Gasteiger partial charge in [0, 0.05) is 11.6 Å². The van der Waals surface area contributed by atoms with Crippen molar-refractivity contribution >= 4 is 29.0 Å². The molecule has 0 N–H and O–H groups in total. The van der Waals surface area contributed by atoms with Gasteiger partial charge in [-0.25, -0.2) is 0 Å². The van der Waals surface area contributed by atoms with Gasteiger partial charge in [-0.15, -0.1) is 0 Å². The van der Waals surface area contributed by atoms with Crippen LogP contribution in [0.5, 0.6) is 0 Å². The third-order valence-corrected chi connectivity index (χ3v) is 3.77. The van der Waals surface area contributed by atoms with E-state index >= 15 is 0 Å². The summed E-state index contributed by atoms with van der Waals surface area (Å²) in [5, 5.41) is 4.81. The van der Waals surface area contributed by atoms with Crippen molar-refractivity contribution in [3.8, 4) is 0 Å². The summed E-state index contributed by atoms with van der Waals surface area (Å²) in [5.41, 5.74) is 2.77. The Hall–Kier alpha value is -2.14. The SMILES string of the molecule is CCn1nc(C)cc1CN1C(=O)C(=O)c2cc(Cl)ccc21. The van der Waals surface area contributed by atoms with Crippen LogP contribution < -0.4 is 4.90 Å². The second-order valence-corrected chi connectivity index (χ2v) is 5.41. The molecule has 0 radical (unpaired) electrons. The number of aromatic nitrogens is 2. The van der Waals surface area contributed by atoms with E-state index in [0.29, 0.717) is 29.4 Å². The van der Waals surface area contributed by atoms with E-state index in [9.17, 15) is 9.59 Å². The molecule has 0 spiro atoms. The Morgan fingerprint density at radius 1 is 1.24 bits per heavy atom. The van der Waals surface area contributed by atoms with E-state index < -0.39 is 11.7 Å². The summed E-state index contributed by atoms with van der Waals surface area (Å²) in [7, 11) is 0. The highest BCUT2D eigenvalue weighted by atomic mass is 35.5. The number of nitrogens with zero attached hydrogens (tertiary/aromatic N) is 3. The summed E-state index contributed by atoms with van der Waals surface area (Å²) in [5.74, 6) is -1.03. The Bertz CT molecular complexity index is 751. The molecule has 0 bridgehead atoms. The monoisotopic (exact) mass is 303 g/mol. The minimum absolute atomic E-state index is 0.327. The van der Waals surface area contributed by atoms with E-state index in [1.807, 2.05) is 24.6 Å². The maximum absolute atomic E-state index is 12.2. The van der Waals surface area contributed by atoms with Crippen molar-refractivity contribution in [3.05, 3.63) is 46.2 Å². The molecule has 0 saturated heterocycles. The third-order valence-electron chi connectivity index (χ3n) is 3.54. The average Bonchev–Trinajstić information content (AvgIpc) is 2.92. The van der Waals surface area contributed by atoms with Crippen LogP contribution in [0.4, 0.5) is 5.69 Å². The first kappa shape index (κ1) is 13.8. The zero-order chi connectivity index (χ0) is 15.1. The second kappa shape index (κ2) is 5.00. The van der Waals surface area contributed by atoms with Crippen molar-refractivity contribution in [2.45, 2.75) is 26.9 Å². The number of carbonyl (C=O) groups excluding carboxylic acids is 2. The van der Waals surface area contributed by atoms with E-state index in [-0.39, 0.29) is 0 Å². The van der Waals surface area contributed by atoms with Crippen LogP contribution in [0.25, 0.3) is 0 Å². The van der Waals surface area contributed by atoms with Gasteiger partial charge in [-0.2, -0.15) is 5.10 Å². The van der Waals surface area contributed by atoms with Crippen LogP contribution in [0.2, 0.25) is 5.02 Å². The van der Waals surface area contributed by atoms with E-state index in [2.05, 4.69) is 5.10 Å². The van der Waals surface area contributed by atoms with Crippen molar-refractivity contribution < 1.29 is 9.59 Å². The molecule has 0 atom stereocenters. The van der Waals surface area contributed by atoms with Crippen LogP contribution in [0.15, 0.2) is 24.3 Å². The van der Waals surface area contributed by atoms with Crippen molar-refractivity contribution in [1.82, 2.24) is 9.78 Å². The van der Waals surface area contributed by atoms with Crippen LogP contribution >= 0.6 is 11.6 Å². The normalized spacial score (nSPS) is 14.0. The first-order valence-corrected chi connectivity index (χ1v) is 7.08. The van der Waals surface area contributed by atoms with E-state index in [1.165, 1.54) is 4.90 Å². The van der Waals surface area contributed by atoms with Crippen LogP contribution in [0, 0.1) is 6.92 Å². The predicted molar refractivity (Wildman–Crippen MR) is 79.6 cm³/mol. The Morgan fingerprint density at radius 2 is 2.00 bits per heavy atom. The standard InChI is InChI=1S/C15H14ClN3O2/c1-3-19-11(6-9(2)17-19)8-18-13-5-4-10(16)7-12(13)14(20)15(18)21/h4-7H,3,8H2,1-2H3. The molecule has 1 aromatic heterocycles. The molecule has 0 fully saturated rings. The molecule has 5 nitrogen and oxygen atoms in total. The second-order valence-electron chi connectivity index (χ2n) is 4.97. The Morgan fingerprint density at radius 3 is 2.71 bits per heavy atom. The minimum atomic E-state index is -0.520. The quantitative estimate of drug-likeness (QED) is 0.819. The van der Waals surface area contributed by atoms with Gasteiger partial charge in [0.25, 0.3) is 11.7 Å². The van der Waals surface area contributed by atoms with Gasteiger partial charge in [0.1, 0.15) is 0 Å². The lowest BCUT2D eigenvalue weighted by atomic mass is 10.1. The molecule has 2 aromatic rings. The molecular formula is C15H14ClN3O2. The van der Waals surface area contributed by atoms with Crippen LogP contribution in [0.1, 0.15) is 28.7 Å². The first-order chi connectivity index (χ1) is 10.0. The topological polar surface area (TPSA) is 55.2 Å². The summed E-state index contributed by atoms with van der Waals surface area (Å²) in [6.45, 7) is 4.93. The summed E-state index contributed by atoms with van der Waals surface area (Å²) in [4.78, 5) is 25.7. The van der Waals surface area contributed by atoms with Gasteiger partial charge < -0.3 is 0 Å². The van der Waals surface area contributed by atoms with Gasteiger partial charge in [0.05, 0.1) is 29.2 Å². The fourth-order valence-corrected chi connectivity index (χ4v) is 2.76. The molecule has 6 heteroatoms. The van der Waals surface area contributed by atoms with Gasteiger partial charge in [0.2, 0.25) is 0 Å². The Labute approximate surface area is 127 Å². The molecule has 21 heavy (non-hydrogen) atoms. The largest absolute Gasteiger partial charge is 0.299 e. The van der Waals surface area contributed by atoms with Gasteiger partial charge in [0.15, 0.2) is 0 Å². The molecule has 1 amide bonds. The van der Waals surface area contributed by atoms with Crippen LogP contribution in [-0.4, -0.2) is 21.5 Å². The number of hydrogen-bond donors (Lipinski definition) is 0. The predicted octanol–water partition coefficient (Wildman–Crippen LogP) is 2.59. The van der Waals surface area contributed by atoms with Crippen LogP contribution in [0.3, 0.4) is 0 Å². The first-order valence-electron chi connectivity index (χ1n) is 6.70. The van der Waals surface area contributed by atoms with Crippen molar-refractivity contribution in [2.24, 2.45) is 0 Å². The zero-order valence-electron chi connectivity index (χ0n) is 11.8. The maximum Gasteiger partial charge on any atom is 0.299 e. The lowest BCUT2D eigenvalue weighted by Crippen LogP contribution is -2.30. The third kappa shape index (κ3) is 2.23. The van der Waals surface area contributed by atoms with Crippen LogP contribution in [-0.2, 0) is 17.9 Å². The van der Waals surface area contributed by atoms with Crippen molar-refractivity contribution in [3.63, 3.8) is 0 Å². The molecule has 1 aliphatic rings. The smallest absolute Gasteiger partial charge is 0.299 e. The summed E-state index contributed by atoms with van der Waals surface area (Å²) in [6, 6.07) is 6.86. The number of rotatable bonds is 3. The molecule has 3 rings (SSSR count). The zero-order valence-corrected chi connectivity index (χ0v) is 12.5. The van der Waals surface area contributed by atoms with Crippen molar-refractivity contribution in [1.29, 1.82) is 0 Å². The molecule has 108 valence electrons. The number of fused-ring (bicyclic) bond motifs is 1. The fraction of sp³-hybridized carbons (Fsp3) is 0.267. The number of aryl methyl sites for hydroxylation is 2. The number of ketones is 1. The maximum atomic E-state index is 12.2. The van der Waals surface area contributed by atoms with Gasteiger partial charge >= 0.3 is 0 Å². The lowest BCUT2D eigenvalue weighted by molar-refractivity contribution is -0.114. The minimum Gasteiger partial charge on any atom is -0.299 e. The van der Waals surface area contributed by atoms with Gasteiger partial charge in [-0.1, -0.05) is 11.6 Å². The summed E-state index contributed by atoms with van der Waals surface area (Å²) >= 11 is 5.90. The van der Waals surface area contributed by atoms with E-state index in [0.717, 1.165) is 11.4 Å². The number of Topliss-reactive ketones (excluding diaryl/α,β-unsaturated/α-hetero) is 1. The van der Waals surface area contributed by atoms with Crippen molar-refractivity contribution in [2.75, 3.05) is 4.90 Å². The number of benzene rings is 1. The van der Waals surface area contributed by atoms with E-state index in [1.54, 1.807) is 18.2 Å². The lowest BCUT2D eigenvalue weighted by Gasteiger charge is -2.17. The van der Waals surface area contributed by atoms with Gasteiger partial charge in [-0.05, 0) is 38.1 Å². The average molecular weight is 304 g/mol. The van der Waals surface area contributed by atoms with E-state index in [4.69, 9.17) is 11.6 Å². The molecular weight excluding hydrogens is 290 g/mol. The molecule has 1 aromatic carbocycles. The number of amides is 1. The Balaban J connectivity index is 2.00. The highest BCUT2D eigenvalue weighted by molar-refractivity contribution is 6.52. The summed E-state index contributed by atoms with van der Waals surface area (Å²) in [6.07, 6.45) is 0.